The summed E-state index contributed by atoms with van der Waals surface area (Å²) >= 11 is 0. The van der Waals surface area contributed by atoms with Gasteiger partial charge in [0.15, 0.2) is 5.58 Å². The second kappa shape index (κ2) is 5.15. The molecule has 6 rings (SSSR count). The first-order chi connectivity index (χ1) is 13.3. The van der Waals surface area contributed by atoms with Gasteiger partial charge in [0.2, 0.25) is 0 Å². The summed E-state index contributed by atoms with van der Waals surface area (Å²) in [6.07, 6.45) is 0. The molecule has 0 aliphatic carbocycles. The van der Waals surface area contributed by atoms with Crippen molar-refractivity contribution < 1.29 is 8.83 Å². The van der Waals surface area contributed by atoms with E-state index in [1.165, 1.54) is 0 Å². The van der Waals surface area contributed by atoms with E-state index in [0.29, 0.717) is 5.69 Å². The number of hydrogen-bond acceptors (Lipinski definition) is 3. The molecule has 2 N–H and O–H groups in total. The summed E-state index contributed by atoms with van der Waals surface area (Å²) in [6.45, 7) is 0. The fourth-order valence-electron chi connectivity index (χ4n) is 3.98. The fraction of sp³-hybridized carbons (Fsp3) is 0. The van der Waals surface area contributed by atoms with Gasteiger partial charge in [0, 0.05) is 21.5 Å². The Kier molecular flexibility index (Phi) is 2.75. The molecule has 0 radical (unpaired) electrons. The van der Waals surface area contributed by atoms with Crippen LogP contribution in [0.15, 0.2) is 87.7 Å². The fourth-order valence-corrected chi connectivity index (χ4v) is 3.98. The number of rotatable bonds is 1. The second-order valence-electron chi connectivity index (χ2n) is 6.81. The van der Waals surface area contributed by atoms with Gasteiger partial charge in [-0.25, -0.2) is 0 Å². The van der Waals surface area contributed by atoms with Gasteiger partial charge in [-0.3, -0.25) is 0 Å². The number of nitrogens with two attached hydrogens (primary N) is 1. The molecule has 6 aromatic rings. The molecule has 0 aliphatic heterocycles. The molecule has 128 valence electrons. The first-order valence-corrected chi connectivity index (χ1v) is 8.91. The van der Waals surface area contributed by atoms with Gasteiger partial charge < -0.3 is 14.6 Å². The first-order valence-electron chi connectivity index (χ1n) is 8.91. The molecule has 0 atom stereocenters. The monoisotopic (exact) mass is 349 g/mol. The average molecular weight is 349 g/mol. The van der Waals surface area contributed by atoms with E-state index in [1.807, 2.05) is 42.5 Å². The smallest absolute Gasteiger partial charge is 0.158 e. The predicted octanol–water partition coefficient (Wildman–Crippen LogP) is 6.73. The van der Waals surface area contributed by atoms with Crippen LogP contribution >= 0.6 is 0 Å². The van der Waals surface area contributed by atoms with Gasteiger partial charge in [-0.05, 0) is 41.5 Å². The van der Waals surface area contributed by atoms with E-state index in [2.05, 4.69) is 36.4 Å². The first kappa shape index (κ1) is 14.4. The molecule has 3 nitrogen and oxygen atoms in total. The zero-order chi connectivity index (χ0) is 18.0. The van der Waals surface area contributed by atoms with Crippen LogP contribution in [0.2, 0.25) is 0 Å². The van der Waals surface area contributed by atoms with Crippen LogP contribution in [0.3, 0.4) is 0 Å². The molecule has 0 amide bonds. The minimum absolute atomic E-state index is 0.648. The Morgan fingerprint density at radius 2 is 1.30 bits per heavy atom. The maximum absolute atomic E-state index is 6.20. The number of nitrogen functional groups attached to an aromatic ring is 1. The molecular formula is C24H15NO2. The van der Waals surface area contributed by atoms with Gasteiger partial charge in [0.05, 0.1) is 5.69 Å². The van der Waals surface area contributed by atoms with Crippen LogP contribution in [0.4, 0.5) is 5.69 Å². The molecule has 27 heavy (non-hydrogen) atoms. The Labute approximate surface area is 154 Å². The van der Waals surface area contributed by atoms with Crippen molar-refractivity contribution in [1.29, 1.82) is 0 Å². The molecule has 0 bridgehead atoms. The standard InChI is InChI=1S/C24H15NO2/c25-19-12-11-15(23-18-6-2-4-8-21(18)27-24(19)23)14-9-10-17-16-5-1-3-7-20(16)26-22(17)13-14/h1-13H,25H2. The number of fused-ring (bicyclic) bond motifs is 6. The van der Waals surface area contributed by atoms with Crippen molar-refractivity contribution in [3.05, 3.63) is 78.9 Å². The minimum Gasteiger partial charge on any atom is -0.456 e. The third-order valence-corrected chi connectivity index (χ3v) is 5.25. The van der Waals surface area contributed by atoms with Crippen molar-refractivity contribution in [2.75, 3.05) is 5.73 Å². The Bertz CT molecular complexity index is 1490. The SMILES string of the molecule is Nc1ccc(-c2ccc3c(c2)oc2ccccc23)c2c1oc1ccccc12. The lowest BCUT2D eigenvalue weighted by molar-refractivity contribution is 0.669. The zero-order valence-corrected chi connectivity index (χ0v) is 14.4. The van der Waals surface area contributed by atoms with Crippen molar-refractivity contribution in [1.82, 2.24) is 0 Å². The summed E-state index contributed by atoms with van der Waals surface area (Å²) in [5.41, 5.74) is 12.4. The van der Waals surface area contributed by atoms with E-state index >= 15 is 0 Å². The van der Waals surface area contributed by atoms with Crippen molar-refractivity contribution >= 4 is 49.6 Å². The van der Waals surface area contributed by atoms with E-state index in [0.717, 1.165) is 55.0 Å². The third kappa shape index (κ3) is 1.97. The molecule has 3 heteroatoms. The van der Waals surface area contributed by atoms with E-state index in [4.69, 9.17) is 14.6 Å². The highest BCUT2D eigenvalue weighted by atomic mass is 16.3. The van der Waals surface area contributed by atoms with Crippen LogP contribution in [0.25, 0.3) is 55.0 Å². The van der Waals surface area contributed by atoms with Gasteiger partial charge >= 0.3 is 0 Å². The Morgan fingerprint density at radius 1 is 0.593 bits per heavy atom. The van der Waals surface area contributed by atoms with Crippen LogP contribution in [-0.4, -0.2) is 0 Å². The highest BCUT2D eigenvalue weighted by Crippen LogP contribution is 2.40. The van der Waals surface area contributed by atoms with Crippen LogP contribution < -0.4 is 5.73 Å². The highest BCUT2D eigenvalue weighted by molar-refractivity contribution is 6.16. The molecule has 0 spiro atoms. The Balaban J connectivity index is 1.70. The Hall–Kier alpha value is -3.72. The van der Waals surface area contributed by atoms with Crippen molar-refractivity contribution in [2.45, 2.75) is 0 Å². The van der Waals surface area contributed by atoms with Crippen LogP contribution in [0.5, 0.6) is 0 Å². The van der Waals surface area contributed by atoms with Crippen LogP contribution in [0.1, 0.15) is 0 Å². The van der Waals surface area contributed by atoms with E-state index < -0.39 is 0 Å². The molecule has 0 unspecified atom stereocenters. The quantitative estimate of drug-likeness (QED) is 0.335. The minimum atomic E-state index is 0.648. The number of benzene rings is 4. The van der Waals surface area contributed by atoms with Gasteiger partial charge in [-0.2, -0.15) is 0 Å². The van der Waals surface area contributed by atoms with E-state index in [-0.39, 0.29) is 0 Å². The Morgan fingerprint density at radius 3 is 2.15 bits per heavy atom. The van der Waals surface area contributed by atoms with Crippen LogP contribution in [-0.2, 0) is 0 Å². The van der Waals surface area contributed by atoms with Crippen molar-refractivity contribution in [2.24, 2.45) is 0 Å². The molecule has 2 heterocycles. The molecule has 0 saturated heterocycles. The molecule has 4 aromatic carbocycles. The summed E-state index contributed by atoms with van der Waals surface area (Å²) in [5.74, 6) is 0. The number of para-hydroxylation sites is 2. The molecule has 0 saturated carbocycles. The van der Waals surface area contributed by atoms with Gasteiger partial charge in [0.25, 0.3) is 0 Å². The van der Waals surface area contributed by atoms with E-state index in [1.54, 1.807) is 0 Å². The largest absolute Gasteiger partial charge is 0.456 e. The predicted molar refractivity (Wildman–Crippen MR) is 111 cm³/mol. The number of hydrogen-bond donors (Lipinski definition) is 1. The summed E-state index contributed by atoms with van der Waals surface area (Å²) in [4.78, 5) is 0. The molecule has 0 aliphatic rings. The summed E-state index contributed by atoms with van der Waals surface area (Å²) in [7, 11) is 0. The normalized spacial score (nSPS) is 11.9. The zero-order valence-electron chi connectivity index (χ0n) is 14.4. The molecule has 2 aromatic heterocycles. The van der Waals surface area contributed by atoms with Crippen LogP contribution in [0, 0.1) is 0 Å². The lowest BCUT2D eigenvalue weighted by atomic mass is 9.98. The summed E-state index contributed by atoms with van der Waals surface area (Å²) in [6, 6.07) is 26.5. The van der Waals surface area contributed by atoms with E-state index in [9.17, 15) is 0 Å². The lowest BCUT2D eigenvalue weighted by Crippen LogP contribution is -1.87. The van der Waals surface area contributed by atoms with Crippen molar-refractivity contribution in [3.8, 4) is 11.1 Å². The maximum Gasteiger partial charge on any atom is 0.158 e. The lowest BCUT2D eigenvalue weighted by Gasteiger charge is -2.05. The van der Waals surface area contributed by atoms with Gasteiger partial charge in [-0.1, -0.05) is 48.5 Å². The maximum atomic E-state index is 6.20. The summed E-state index contributed by atoms with van der Waals surface area (Å²) in [5, 5.41) is 4.37. The highest BCUT2D eigenvalue weighted by Gasteiger charge is 2.16. The van der Waals surface area contributed by atoms with Gasteiger partial charge in [-0.15, -0.1) is 0 Å². The number of anilines is 1. The molecular weight excluding hydrogens is 334 g/mol. The number of furan rings is 2. The second-order valence-corrected chi connectivity index (χ2v) is 6.81. The topological polar surface area (TPSA) is 52.3 Å². The summed E-state index contributed by atoms with van der Waals surface area (Å²) < 4.78 is 12.1. The average Bonchev–Trinajstić information content (AvgIpc) is 3.27. The van der Waals surface area contributed by atoms with Crippen molar-refractivity contribution in [3.63, 3.8) is 0 Å². The molecule has 0 fully saturated rings. The van der Waals surface area contributed by atoms with Gasteiger partial charge in [0.1, 0.15) is 16.7 Å². The third-order valence-electron chi connectivity index (χ3n) is 5.25.